The van der Waals surface area contributed by atoms with Gasteiger partial charge in [-0.05, 0) is 41.1 Å². The van der Waals surface area contributed by atoms with Crippen LogP contribution in [0.15, 0.2) is 4.47 Å². The van der Waals surface area contributed by atoms with E-state index in [2.05, 4.69) is 28.0 Å². The van der Waals surface area contributed by atoms with Crippen LogP contribution >= 0.6 is 15.9 Å². The van der Waals surface area contributed by atoms with E-state index >= 15 is 0 Å². The zero-order chi connectivity index (χ0) is 13.0. The Morgan fingerprint density at radius 2 is 2.17 bits per heavy atom. The summed E-state index contributed by atoms with van der Waals surface area (Å²) in [5.74, 6) is 0.649. The summed E-state index contributed by atoms with van der Waals surface area (Å²) < 4.78 is 14.2. The summed E-state index contributed by atoms with van der Waals surface area (Å²) in [6.07, 6.45) is 3.17. The SMILES string of the molecule is CCc1nn(C)c(COCC2CCOCC2)c1Br. The smallest absolute Gasteiger partial charge is 0.0896 e. The van der Waals surface area contributed by atoms with Crippen LogP contribution in [0.5, 0.6) is 0 Å². The third kappa shape index (κ3) is 3.33. The van der Waals surface area contributed by atoms with Crippen molar-refractivity contribution in [1.29, 1.82) is 0 Å². The van der Waals surface area contributed by atoms with Gasteiger partial charge in [-0.15, -0.1) is 0 Å². The third-order valence-corrected chi connectivity index (χ3v) is 4.35. The van der Waals surface area contributed by atoms with Crippen LogP contribution < -0.4 is 0 Å². The lowest BCUT2D eigenvalue weighted by Gasteiger charge is -2.21. The molecular weight excluding hydrogens is 296 g/mol. The number of halogens is 1. The fraction of sp³-hybridized carbons (Fsp3) is 0.769. The Hall–Kier alpha value is -0.390. The van der Waals surface area contributed by atoms with Gasteiger partial charge in [0.05, 0.1) is 29.1 Å². The molecule has 0 spiro atoms. The van der Waals surface area contributed by atoms with Gasteiger partial charge in [0.25, 0.3) is 0 Å². The lowest BCUT2D eigenvalue weighted by atomic mass is 10.0. The lowest BCUT2D eigenvalue weighted by Crippen LogP contribution is -2.20. The second-order valence-electron chi connectivity index (χ2n) is 4.76. The minimum absolute atomic E-state index is 0.626. The van der Waals surface area contributed by atoms with Crippen LogP contribution in [-0.4, -0.2) is 29.6 Å². The number of rotatable bonds is 5. The minimum atomic E-state index is 0.626. The Morgan fingerprint density at radius 1 is 1.44 bits per heavy atom. The Kier molecular flexibility index (Phi) is 5.21. The number of hydrogen-bond donors (Lipinski definition) is 0. The van der Waals surface area contributed by atoms with Crippen molar-refractivity contribution < 1.29 is 9.47 Å². The van der Waals surface area contributed by atoms with E-state index in [-0.39, 0.29) is 0 Å². The molecule has 0 atom stereocenters. The summed E-state index contributed by atoms with van der Waals surface area (Å²) in [5.41, 5.74) is 2.22. The Morgan fingerprint density at radius 3 is 2.78 bits per heavy atom. The molecular formula is C13H21BrN2O2. The first kappa shape index (κ1) is 14.0. The molecule has 18 heavy (non-hydrogen) atoms. The predicted molar refractivity (Wildman–Crippen MR) is 73.5 cm³/mol. The van der Waals surface area contributed by atoms with Crippen molar-refractivity contribution in [1.82, 2.24) is 9.78 Å². The quantitative estimate of drug-likeness (QED) is 0.838. The van der Waals surface area contributed by atoms with Crippen LogP contribution in [0, 0.1) is 5.92 Å². The highest BCUT2D eigenvalue weighted by molar-refractivity contribution is 9.10. The fourth-order valence-electron chi connectivity index (χ4n) is 2.21. The largest absolute Gasteiger partial charge is 0.381 e. The maximum atomic E-state index is 5.83. The number of aryl methyl sites for hydroxylation is 2. The average molecular weight is 317 g/mol. The van der Waals surface area contributed by atoms with Crippen molar-refractivity contribution in [2.24, 2.45) is 13.0 Å². The summed E-state index contributed by atoms with van der Waals surface area (Å²) in [5, 5.41) is 4.46. The number of hydrogen-bond acceptors (Lipinski definition) is 3. The van der Waals surface area contributed by atoms with E-state index in [0.717, 1.165) is 54.9 Å². The highest BCUT2D eigenvalue weighted by Gasteiger charge is 2.16. The standard InChI is InChI=1S/C13H21BrN2O2/c1-3-11-13(14)12(16(2)15-11)9-18-8-10-4-6-17-7-5-10/h10H,3-9H2,1-2H3. The number of nitrogens with zero attached hydrogens (tertiary/aromatic N) is 2. The van der Waals surface area contributed by atoms with Gasteiger partial charge in [0.2, 0.25) is 0 Å². The van der Waals surface area contributed by atoms with Gasteiger partial charge in [-0.2, -0.15) is 5.10 Å². The number of aromatic nitrogens is 2. The predicted octanol–water partition coefficient (Wildman–Crippen LogP) is 2.69. The molecule has 4 nitrogen and oxygen atoms in total. The highest BCUT2D eigenvalue weighted by Crippen LogP contribution is 2.23. The molecule has 0 amide bonds. The molecule has 0 N–H and O–H groups in total. The van der Waals surface area contributed by atoms with Gasteiger partial charge in [-0.25, -0.2) is 0 Å². The van der Waals surface area contributed by atoms with Crippen LogP contribution in [0.1, 0.15) is 31.2 Å². The first-order valence-electron chi connectivity index (χ1n) is 6.58. The molecule has 0 unspecified atom stereocenters. The van der Waals surface area contributed by atoms with E-state index in [4.69, 9.17) is 9.47 Å². The maximum absolute atomic E-state index is 5.83. The summed E-state index contributed by atoms with van der Waals surface area (Å²) in [7, 11) is 1.97. The van der Waals surface area contributed by atoms with E-state index in [1.54, 1.807) is 0 Å². The zero-order valence-corrected chi connectivity index (χ0v) is 12.7. The van der Waals surface area contributed by atoms with Gasteiger partial charge in [0, 0.05) is 20.3 Å². The molecule has 0 saturated carbocycles. The van der Waals surface area contributed by atoms with Crippen LogP contribution in [0.2, 0.25) is 0 Å². The van der Waals surface area contributed by atoms with Crippen molar-refractivity contribution in [3.63, 3.8) is 0 Å². The molecule has 1 aromatic rings. The van der Waals surface area contributed by atoms with Gasteiger partial charge in [-0.1, -0.05) is 6.92 Å². The highest BCUT2D eigenvalue weighted by atomic mass is 79.9. The second-order valence-corrected chi connectivity index (χ2v) is 5.55. The third-order valence-electron chi connectivity index (χ3n) is 3.44. The summed E-state index contributed by atoms with van der Waals surface area (Å²) >= 11 is 3.61. The molecule has 0 bridgehead atoms. The molecule has 1 fully saturated rings. The van der Waals surface area contributed by atoms with Crippen LogP contribution in [0.25, 0.3) is 0 Å². The lowest BCUT2D eigenvalue weighted by molar-refractivity contribution is 0.0142. The number of ether oxygens (including phenoxy) is 2. The van der Waals surface area contributed by atoms with Gasteiger partial charge >= 0.3 is 0 Å². The molecule has 0 aromatic carbocycles. The van der Waals surface area contributed by atoms with Crippen molar-refractivity contribution >= 4 is 15.9 Å². The monoisotopic (exact) mass is 316 g/mol. The molecule has 2 heterocycles. The van der Waals surface area contributed by atoms with Gasteiger partial charge in [0.1, 0.15) is 0 Å². The molecule has 0 radical (unpaired) electrons. The van der Waals surface area contributed by atoms with Crippen molar-refractivity contribution in [3.05, 3.63) is 15.9 Å². The topological polar surface area (TPSA) is 36.3 Å². The van der Waals surface area contributed by atoms with Gasteiger partial charge in [-0.3, -0.25) is 4.68 Å². The molecule has 102 valence electrons. The molecule has 1 saturated heterocycles. The Bertz CT molecular complexity index is 387. The van der Waals surface area contributed by atoms with Crippen LogP contribution in [-0.2, 0) is 29.5 Å². The van der Waals surface area contributed by atoms with Gasteiger partial charge < -0.3 is 9.47 Å². The molecule has 2 rings (SSSR count). The van der Waals surface area contributed by atoms with E-state index in [1.807, 2.05) is 11.7 Å². The van der Waals surface area contributed by atoms with E-state index in [0.29, 0.717) is 12.5 Å². The zero-order valence-electron chi connectivity index (χ0n) is 11.1. The first-order chi connectivity index (χ1) is 8.72. The molecule has 1 aliphatic heterocycles. The molecule has 5 heteroatoms. The summed E-state index contributed by atoms with van der Waals surface area (Å²) in [4.78, 5) is 0. The minimum Gasteiger partial charge on any atom is -0.381 e. The van der Waals surface area contributed by atoms with Crippen molar-refractivity contribution in [3.8, 4) is 0 Å². The Balaban J connectivity index is 1.84. The van der Waals surface area contributed by atoms with Crippen molar-refractivity contribution in [2.75, 3.05) is 19.8 Å². The normalized spacial score (nSPS) is 17.3. The van der Waals surface area contributed by atoms with Crippen molar-refractivity contribution in [2.45, 2.75) is 32.8 Å². The maximum Gasteiger partial charge on any atom is 0.0896 e. The average Bonchev–Trinajstić information content (AvgIpc) is 2.67. The molecule has 1 aromatic heterocycles. The van der Waals surface area contributed by atoms with Crippen LogP contribution in [0.3, 0.4) is 0 Å². The Labute approximate surface area is 117 Å². The van der Waals surface area contributed by atoms with E-state index in [1.165, 1.54) is 0 Å². The molecule has 1 aliphatic rings. The first-order valence-corrected chi connectivity index (χ1v) is 7.37. The second kappa shape index (κ2) is 6.68. The van der Waals surface area contributed by atoms with E-state index < -0.39 is 0 Å². The van der Waals surface area contributed by atoms with E-state index in [9.17, 15) is 0 Å². The molecule has 0 aliphatic carbocycles. The summed E-state index contributed by atoms with van der Waals surface area (Å²) in [6, 6.07) is 0. The van der Waals surface area contributed by atoms with Crippen LogP contribution in [0.4, 0.5) is 0 Å². The fourth-order valence-corrected chi connectivity index (χ4v) is 2.94. The van der Waals surface area contributed by atoms with Gasteiger partial charge in [0.15, 0.2) is 0 Å². The summed E-state index contributed by atoms with van der Waals surface area (Å²) in [6.45, 7) is 5.32.